The van der Waals surface area contributed by atoms with Gasteiger partial charge in [-0.1, -0.05) is 12.1 Å². The molecule has 0 aliphatic heterocycles. The van der Waals surface area contributed by atoms with Gasteiger partial charge in [-0.25, -0.2) is 9.48 Å². The highest BCUT2D eigenvalue weighted by atomic mass is 16.2. The van der Waals surface area contributed by atoms with E-state index in [0.717, 1.165) is 11.0 Å². The molecule has 0 saturated heterocycles. The van der Waals surface area contributed by atoms with Crippen molar-refractivity contribution in [1.29, 1.82) is 0 Å². The number of aryl methyl sites for hydroxylation is 1. The maximum atomic E-state index is 12.3. The van der Waals surface area contributed by atoms with Crippen LogP contribution in [0, 0.1) is 0 Å². The molecule has 7 nitrogen and oxygen atoms in total. The van der Waals surface area contributed by atoms with Crippen LogP contribution in [0.5, 0.6) is 0 Å². The number of carbonyl (C=O) groups excluding carboxylic acids is 1. The number of nitrogens with one attached hydrogen (secondary N) is 1. The molecule has 3 aromatic rings. The summed E-state index contributed by atoms with van der Waals surface area (Å²) < 4.78 is 4.74. The van der Waals surface area contributed by atoms with Gasteiger partial charge in [-0.05, 0) is 26.0 Å². The summed E-state index contributed by atoms with van der Waals surface area (Å²) in [6.07, 6.45) is 1.64. The van der Waals surface area contributed by atoms with Crippen LogP contribution in [-0.2, 0) is 18.4 Å². The Hall–Kier alpha value is -2.83. The topological polar surface area (TPSA) is 73.8 Å². The summed E-state index contributed by atoms with van der Waals surface area (Å²) in [5, 5.41) is 6.99. The molecule has 1 aromatic carbocycles. The Balaban J connectivity index is 1.88. The molecule has 0 aliphatic carbocycles. The Morgan fingerprint density at radius 2 is 1.91 bits per heavy atom. The fourth-order valence-corrected chi connectivity index (χ4v) is 2.67. The summed E-state index contributed by atoms with van der Waals surface area (Å²) in [6, 6.07) is 9.29. The second-order valence-electron chi connectivity index (χ2n) is 5.72. The lowest BCUT2D eigenvalue weighted by Gasteiger charge is -2.12. The van der Waals surface area contributed by atoms with Gasteiger partial charge < -0.3 is 5.32 Å². The molecule has 120 valence electrons. The van der Waals surface area contributed by atoms with E-state index in [0.29, 0.717) is 5.82 Å². The Morgan fingerprint density at radius 3 is 2.61 bits per heavy atom. The predicted octanol–water partition coefficient (Wildman–Crippen LogP) is 1.76. The molecule has 0 fully saturated rings. The van der Waals surface area contributed by atoms with Crippen LogP contribution in [0.2, 0.25) is 0 Å². The summed E-state index contributed by atoms with van der Waals surface area (Å²) in [6.45, 7) is 3.93. The van der Waals surface area contributed by atoms with E-state index in [1.807, 2.05) is 38.1 Å². The van der Waals surface area contributed by atoms with E-state index in [-0.39, 0.29) is 24.2 Å². The van der Waals surface area contributed by atoms with Gasteiger partial charge in [-0.15, -0.1) is 0 Å². The first kappa shape index (κ1) is 15.1. The third-order valence-electron chi connectivity index (χ3n) is 3.78. The molecule has 0 atom stereocenters. The zero-order valence-corrected chi connectivity index (χ0v) is 13.4. The minimum Gasteiger partial charge on any atom is -0.309 e. The van der Waals surface area contributed by atoms with Crippen LogP contribution in [-0.4, -0.2) is 24.8 Å². The molecule has 1 amide bonds. The molecule has 23 heavy (non-hydrogen) atoms. The Labute approximate surface area is 133 Å². The molecular formula is C16H19N5O2. The van der Waals surface area contributed by atoms with E-state index in [1.54, 1.807) is 28.6 Å². The minimum absolute atomic E-state index is 0.0382. The van der Waals surface area contributed by atoms with Gasteiger partial charge in [0.2, 0.25) is 5.91 Å². The largest absolute Gasteiger partial charge is 0.329 e. The van der Waals surface area contributed by atoms with Crippen molar-refractivity contribution in [3.8, 4) is 0 Å². The molecular weight excluding hydrogens is 294 g/mol. The number of benzene rings is 1. The highest BCUT2D eigenvalue weighted by Gasteiger charge is 2.15. The number of nitrogens with zero attached hydrogens (tertiary/aromatic N) is 4. The van der Waals surface area contributed by atoms with E-state index in [2.05, 4.69) is 10.4 Å². The number of imidazole rings is 1. The van der Waals surface area contributed by atoms with Gasteiger partial charge in [-0.3, -0.25) is 13.9 Å². The van der Waals surface area contributed by atoms with Crippen molar-refractivity contribution in [1.82, 2.24) is 18.9 Å². The standard InChI is InChI=1S/C16H19N5O2/c1-11(2)21-14(8-9-17-21)18-15(22)10-20-13-7-5-4-6-12(13)19(3)16(20)23/h4-9,11H,10H2,1-3H3,(H,18,22). The molecule has 0 spiro atoms. The third kappa shape index (κ3) is 2.65. The molecule has 0 saturated carbocycles. The normalized spacial score (nSPS) is 11.3. The van der Waals surface area contributed by atoms with E-state index in [4.69, 9.17) is 0 Å². The number of amides is 1. The first-order chi connectivity index (χ1) is 11.0. The van der Waals surface area contributed by atoms with Crippen LogP contribution in [0.4, 0.5) is 5.82 Å². The van der Waals surface area contributed by atoms with Gasteiger partial charge in [0.05, 0.1) is 17.2 Å². The lowest BCUT2D eigenvalue weighted by Crippen LogP contribution is -2.29. The van der Waals surface area contributed by atoms with E-state index in [1.165, 1.54) is 4.57 Å². The number of rotatable bonds is 4. The Kier molecular flexibility index (Phi) is 3.77. The molecule has 3 rings (SSSR count). The van der Waals surface area contributed by atoms with E-state index < -0.39 is 0 Å². The quantitative estimate of drug-likeness (QED) is 0.797. The van der Waals surface area contributed by atoms with Crippen molar-refractivity contribution in [3.63, 3.8) is 0 Å². The Bertz CT molecular complexity index is 916. The monoisotopic (exact) mass is 313 g/mol. The van der Waals surface area contributed by atoms with E-state index >= 15 is 0 Å². The van der Waals surface area contributed by atoms with Crippen LogP contribution in [0.3, 0.4) is 0 Å². The number of hydrogen-bond donors (Lipinski definition) is 1. The van der Waals surface area contributed by atoms with Crippen molar-refractivity contribution in [2.75, 3.05) is 5.32 Å². The molecule has 2 heterocycles. The summed E-state index contributed by atoms with van der Waals surface area (Å²) in [7, 11) is 1.70. The number of anilines is 1. The average molecular weight is 313 g/mol. The van der Waals surface area contributed by atoms with Crippen molar-refractivity contribution in [3.05, 3.63) is 47.0 Å². The zero-order valence-electron chi connectivity index (χ0n) is 13.4. The lowest BCUT2D eigenvalue weighted by atomic mass is 10.3. The van der Waals surface area contributed by atoms with Crippen molar-refractivity contribution in [2.24, 2.45) is 7.05 Å². The SMILES string of the molecule is CC(C)n1nccc1NC(=O)Cn1c(=O)n(C)c2ccccc21. The third-order valence-corrected chi connectivity index (χ3v) is 3.78. The fourth-order valence-electron chi connectivity index (χ4n) is 2.67. The molecule has 7 heteroatoms. The first-order valence-corrected chi connectivity index (χ1v) is 7.46. The van der Waals surface area contributed by atoms with Gasteiger partial charge >= 0.3 is 5.69 Å². The molecule has 0 aliphatic rings. The average Bonchev–Trinajstić information content (AvgIpc) is 3.07. The van der Waals surface area contributed by atoms with Crippen LogP contribution < -0.4 is 11.0 Å². The van der Waals surface area contributed by atoms with Gasteiger partial charge in [0.15, 0.2) is 0 Å². The molecule has 0 bridgehead atoms. The van der Waals surface area contributed by atoms with Gasteiger partial charge in [-0.2, -0.15) is 5.10 Å². The molecule has 1 N–H and O–H groups in total. The maximum Gasteiger partial charge on any atom is 0.329 e. The summed E-state index contributed by atoms with van der Waals surface area (Å²) in [5.74, 6) is 0.365. The number of para-hydroxylation sites is 2. The second-order valence-corrected chi connectivity index (χ2v) is 5.72. The van der Waals surface area contributed by atoms with Crippen LogP contribution >= 0.6 is 0 Å². The molecule has 0 unspecified atom stereocenters. The second kappa shape index (κ2) is 5.75. The lowest BCUT2D eigenvalue weighted by molar-refractivity contribution is -0.116. The summed E-state index contributed by atoms with van der Waals surface area (Å²) >= 11 is 0. The number of fused-ring (bicyclic) bond motifs is 1. The smallest absolute Gasteiger partial charge is 0.309 e. The number of carbonyl (C=O) groups is 1. The number of aromatic nitrogens is 4. The summed E-state index contributed by atoms with van der Waals surface area (Å²) in [4.78, 5) is 24.7. The predicted molar refractivity (Wildman–Crippen MR) is 88.4 cm³/mol. The van der Waals surface area contributed by atoms with Crippen molar-refractivity contribution in [2.45, 2.75) is 26.4 Å². The zero-order chi connectivity index (χ0) is 16.6. The Morgan fingerprint density at radius 1 is 1.22 bits per heavy atom. The molecule has 0 radical (unpaired) electrons. The van der Waals surface area contributed by atoms with Gasteiger partial charge in [0, 0.05) is 19.2 Å². The number of hydrogen-bond acceptors (Lipinski definition) is 3. The van der Waals surface area contributed by atoms with Crippen LogP contribution in [0.15, 0.2) is 41.3 Å². The molecule has 2 aromatic heterocycles. The first-order valence-electron chi connectivity index (χ1n) is 7.46. The highest BCUT2D eigenvalue weighted by Crippen LogP contribution is 2.14. The van der Waals surface area contributed by atoms with Crippen LogP contribution in [0.1, 0.15) is 19.9 Å². The van der Waals surface area contributed by atoms with Crippen LogP contribution in [0.25, 0.3) is 11.0 Å². The van der Waals surface area contributed by atoms with Crippen molar-refractivity contribution < 1.29 is 4.79 Å². The minimum atomic E-state index is -0.258. The fraction of sp³-hybridized carbons (Fsp3) is 0.312. The highest BCUT2D eigenvalue weighted by molar-refractivity contribution is 5.90. The van der Waals surface area contributed by atoms with Gasteiger partial charge in [0.1, 0.15) is 12.4 Å². The maximum absolute atomic E-state index is 12.3. The van der Waals surface area contributed by atoms with Crippen molar-refractivity contribution >= 4 is 22.8 Å². The summed E-state index contributed by atoms with van der Waals surface area (Å²) in [5.41, 5.74) is 1.34. The van der Waals surface area contributed by atoms with Gasteiger partial charge in [0.25, 0.3) is 0 Å². The van der Waals surface area contributed by atoms with E-state index in [9.17, 15) is 9.59 Å².